The van der Waals surface area contributed by atoms with Crippen molar-refractivity contribution in [2.45, 2.75) is 70.6 Å². The number of nitrogens with zero attached hydrogens (tertiary/aromatic N) is 10. The Labute approximate surface area is 358 Å². The summed E-state index contributed by atoms with van der Waals surface area (Å²) < 4.78 is 96.6. The molecule has 4 saturated heterocycles. The molecule has 0 saturated carbocycles. The number of hydrogen-bond acceptors (Lipinski definition) is 14. The maximum absolute atomic E-state index is 16.6. The maximum Gasteiger partial charge on any atom is 0.265 e. The number of piperazine rings is 1. The number of piperidine rings is 3. The maximum atomic E-state index is 16.6. The molecule has 18 heteroatoms. The molecule has 0 radical (unpaired) electrons. The highest BCUT2D eigenvalue weighted by Crippen LogP contribution is 2.36. The van der Waals surface area contributed by atoms with E-state index in [0.717, 1.165) is 49.0 Å². The number of fused-ring (bicyclic) bond motifs is 2. The van der Waals surface area contributed by atoms with Gasteiger partial charge in [-0.3, -0.25) is 39.0 Å². The van der Waals surface area contributed by atoms with Crippen LogP contribution in [0.3, 0.4) is 0 Å². The number of carbonyl (C=O) groups is 4. The van der Waals surface area contributed by atoms with Crippen LogP contribution in [0, 0.1) is 11.7 Å². The fraction of sp³-hybridized carbons (Fsp3) is 0.524. The van der Waals surface area contributed by atoms with Crippen molar-refractivity contribution < 1.29 is 39.3 Å². The minimum absolute atomic E-state index is 0.0180. The van der Waals surface area contributed by atoms with Crippen LogP contribution in [0.2, 0.25) is 0 Å². The number of pyridine rings is 1. The second-order valence-electron chi connectivity index (χ2n) is 15.8. The van der Waals surface area contributed by atoms with E-state index in [1.807, 2.05) is 29.9 Å². The van der Waals surface area contributed by atoms with Crippen molar-refractivity contribution in [3.05, 3.63) is 53.6 Å². The van der Waals surface area contributed by atoms with Crippen molar-refractivity contribution in [2.24, 2.45) is 5.92 Å². The number of carbonyl (C=O) groups excluding carboxylic acids is 4. The van der Waals surface area contributed by atoms with Gasteiger partial charge < -0.3 is 24.8 Å². The number of hydrogen-bond donors (Lipinski definition) is 2. The molecule has 4 amide bonds. The van der Waals surface area contributed by atoms with E-state index in [1.54, 1.807) is 25.6 Å². The topological polar surface area (TPSA) is 174 Å². The van der Waals surface area contributed by atoms with Gasteiger partial charge in [-0.15, -0.1) is 0 Å². The smallest absolute Gasteiger partial charge is 0.265 e. The summed E-state index contributed by atoms with van der Waals surface area (Å²) in [6.45, 7) is -7.60. The van der Waals surface area contributed by atoms with Crippen molar-refractivity contribution in [1.29, 1.82) is 0 Å². The lowest BCUT2D eigenvalue weighted by molar-refractivity contribution is -0.136. The molecule has 0 aliphatic carbocycles. The SMILES string of the molecule is [2H]C1([2H])N(CC2CCN(c3nn(C(C)C)c4cc(Nc5ccnc(N6CCC(OC)CC6)n5)ncc34)CC2)C([2H])([2H])C([2H])([2H])N(c2ccc3c(c2F)C(=O)N(C2CCC(=O)NC2=O)C3=O)C1([2H])[2H]. The number of benzene rings is 1. The van der Waals surface area contributed by atoms with Crippen LogP contribution in [0.1, 0.15) is 90.1 Å². The van der Waals surface area contributed by atoms with E-state index >= 15 is 4.39 Å². The second kappa shape index (κ2) is 16.4. The molecule has 1 atom stereocenters. The standard InChI is InChI=1S/C42H51FN12O5/c1-25(2)55-32-22-34(46-33-8-13-44-42(47-33)53-16-11-27(60-3)12-17-53)45-23-29(32)38(49-55)52-14-9-26(10-15-52)24-50-18-20-51(21-19-50)30-5-4-28-36(37(30)43)41(59)54(40(28)58)31-6-7-35(56)48-39(31)57/h4-5,8,13,22-23,25-27,31H,6-7,9-12,14-21,24H2,1-3H3,(H,48,56,57)(H,44,45,46,47)/i18D2,19D2,20D2,21D2. The van der Waals surface area contributed by atoms with Gasteiger partial charge in [0.25, 0.3) is 11.8 Å². The minimum Gasteiger partial charge on any atom is -0.381 e. The predicted molar refractivity (Wildman–Crippen MR) is 222 cm³/mol. The molecule has 5 aliphatic heterocycles. The summed E-state index contributed by atoms with van der Waals surface area (Å²) >= 11 is 0. The number of nitrogens with one attached hydrogen (secondary N) is 2. The predicted octanol–water partition coefficient (Wildman–Crippen LogP) is 3.74. The normalized spacial score (nSPS) is 26.4. The molecule has 3 aromatic heterocycles. The molecule has 0 bridgehead atoms. The third-order valence-electron chi connectivity index (χ3n) is 11.7. The summed E-state index contributed by atoms with van der Waals surface area (Å²) in [6.07, 6.45) is 5.75. The monoisotopic (exact) mass is 830 g/mol. The molecule has 316 valence electrons. The zero-order valence-electron chi connectivity index (χ0n) is 41.4. The number of rotatable bonds is 10. The fourth-order valence-corrected chi connectivity index (χ4v) is 8.46. The quantitative estimate of drug-likeness (QED) is 0.221. The number of aromatic nitrogens is 5. The Kier molecular flexibility index (Phi) is 8.50. The van der Waals surface area contributed by atoms with Crippen LogP contribution >= 0.6 is 0 Å². The summed E-state index contributed by atoms with van der Waals surface area (Å²) in [5.74, 6) is -3.57. The lowest BCUT2D eigenvalue weighted by Gasteiger charge is -2.39. The van der Waals surface area contributed by atoms with Crippen molar-refractivity contribution in [3.8, 4) is 0 Å². The van der Waals surface area contributed by atoms with E-state index in [0.29, 0.717) is 59.1 Å². The molecule has 5 aliphatic rings. The molecule has 4 aromatic rings. The average molecular weight is 831 g/mol. The van der Waals surface area contributed by atoms with E-state index in [9.17, 15) is 19.2 Å². The van der Waals surface area contributed by atoms with E-state index in [2.05, 4.69) is 20.1 Å². The molecule has 8 heterocycles. The number of ether oxygens (including phenoxy) is 1. The van der Waals surface area contributed by atoms with Crippen molar-refractivity contribution in [2.75, 3.05) is 85.8 Å². The first-order valence-electron chi connectivity index (χ1n) is 24.2. The van der Waals surface area contributed by atoms with Crippen molar-refractivity contribution >= 4 is 63.6 Å². The zero-order valence-corrected chi connectivity index (χ0v) is 33.4. The number of methoxy groups -OCH3 is 1. The number of imide groups is 2. The summed E-state index contributed by atoms with van der Waals surface area (Å²) in [5, 5.41) is 11.1. The number of amides is 4. The van der Waals surface area contributed by atoms with Gasteiger partial charge in [0, 0.05) is 102 Å². The van der Waals surface area contributed by atoms with Gasteiger partial charge in [-0.05, 0) is 70.1 Å². The molecule has 0 spiro atoms. The van der Waals surface area contributed by atoms with E-state index in [4.69, 9.17) is 30.8 Å². The van der Waals surface area contributed by atoms with E-state index < -0.39 is 90.8 Å². The molecule has 9 rings (SSSR count). The van der Waals surface area contributed by atoms with E-state index in [-0.39, 0.29) is 29.9 Å². The van der Waals surface area contributed by atoms with Gasteiger partial charge >= 0.3 is 0 Å². The fourth-order valence-electron chi connectivity index (χ4n) is 8.46. The Morgan fingerprint density at radius 3 is 2.38 bits per heavy atom. The first kappa shape index (κ1) is 31.2. The lowest BCUT2D eigenvalue weighted by Crippen LogP contribution is -2.54. The Balaban J connectivity index is 0.913. The number of anilines is 5. The van der Waals surface area contributed by atoms with Crippen LogP contribution in [-0.4, -0.2) is 136 Å². The van der Waals surface area contributed by atoms with Gasteiger partial charge in [0.1, 0.15) is 17.7 Å². The first-order chi connectivity index (χ1) is 32.1. The third-order valence-corrected chi connectivity index (χ3v) is 11.7. The van der Waals surface area contributed by atoms with E-state index in [1.165, 1.54) is 0 Å². The molecule has 17 nitrogen and oxygen atoms in total. The minimum atomic E-state index is -3.48. The van der Waals surface area contributed by atoms with Crippen LogP contribution in [-0.2, 0) is 14.3 Å². The van der Waals surface area contributed by atoms with Gasteiger partial charge in [0.15, 0.2) is 11.6 Å². The molecule has 2 N–H and O–H groups in total. The van der Waals surface area contributed by atoms with Gasteiger partial charge in [-0.1, -0.05) is 0 Å². The van der Waals surface area contributed by atoms with Crippen LogP contribution < -0.4 is 25.3 Å². The Hall–Kier alpha value is -5.75. The Morgan fingerprint density at radius 2 is 1.67 bits per heavy atom. The zero-order chi connectivity index (χ0) is 48.8. The van der Waals surface area contributed by atoms with Crippen molar-refractivity contribution in [3.63, 3.8) is 0 Å². The largest absolute Gasteiger partial charge is 0.381 e. The van der Waals surface area contributed by atoms with Crippen LogP contribution in [0.15, 0.2) is 36.7 Å². The summed E-state index contributed by atoms with van der Waals surface area (Å²) in [4.78, 5) is 70.4. The average Bonchev–Trinajstić information content (AvgIpc) is 3.80. The molecular weight excluding hydrogens is 772 g/mol. The highest BCUT2D eigenvalue weighted by atomic mass is 19.1. The molecule has 4 fully saturated rings. The van der Waals surface area contributed by atoms with Gasteiger partial charge in [-0.25, -0.2) is 14.4 Å². The lowest BCUT2D eigenvalue weighted by atomic mass is 9.95. The molecule has 60 heavy (non-hydrogen) atoms. The van der Waals surface area contributed by atoms with Gasteiger partial charge in [-0.2, -0.15) is 10.1 Å². The van der Waals surface area contributed by atoms with Gasteiger partial charge in [0.2, 0.25) is 17.8 Å². The number of halogens is 1. The Morgan fingerprint density at radius 1 is 0.917 bits per heavy atom. The summed E-state index contributed by atoms with van der Waals surface area (Å²) in [5.41, 5.74) is -1.61. The Bertz CT molecular complexity index is 2670. The summed E-state index contributed by atoms with van der Waals surface area (Å²) in [6, 6.07) is 3.91. The van der Waals surface area contributed by atoms with Crippen molar-refractivity contribution in [1.82, 2.24) is 39.8 Å². The first-order valence-corrected chi connectivity index (χ1v) is 20.2. The van der Waals surface area contributed by atoms with Crippen LogP contribution in [0.5, 0.6) is 0 Å². The van der Waals surface area contributed by atoms with Gasteiger partial charge in [0.05, 0.1) is 39.3 Å². The second-order valence-corrected chi connectivity index (χ2v) is 15.8. The highest BCUT2D eigenvalue weighted by molar-refractivity contribution is 6.24. The van der Waals surface area contributed by atoms with Crippen LogP contribution in [0.25, 0.3) is 10.9 Å². The molecule has 1 unspecified atom stereocenters. The highest BCUT2D eigenvalue weighted by Gasteiger charge is 2.46. The van der Waals surface area contributed by atoms with Crippen LogP contribution in [0.4, 0.5) is 33.5 Å². The molecule has 1 aromatic carbocycles. The molecular formula is C42H51FN12O5. The third kappa shape index (κ3) is 7.50. The summed E-state index contributed by atoms with van der Waals surface area (Å²) in [7, 11) is 1.72.